The van der Waals surface area contributed by atoms with E-state index in [4.69, 9.17) is 10.5 Å². The Hall–Kier alpha value is -1.25. The molecule has 3 nitrogen and oxygen atoms in total. The van der Waals surface area contributed by atoms with Gasteiger partial charge in [-0.25, -0.2) is 4.98 Å². The van der Waals surface area contributed by atoms with E-state index >= 15 is 0 Å². The van der Waals surface area contributed by atoms with Gasteiger partial charge in [-0.05, 0) is 24.5 Å². The Labute approximate surface area is 77.9 Å². The fraction of sp³-hybridized carbons (Fsp3) is 0.500. The third kappa shape index (κ3) is 2.34. The van der Waals surface area contributed by atoms with Gasteiger partial charge in [0.2, 0.25) is 5.88 Å². The van der Waals surface area contributed by atoms with Crippen molar-refractivity contribution in [2.24, 2.45) is 5.92 Å². The third-order valence-corrected chi connectivity index (χ3v) is 2.26. The summed E-state index contributed by atoms with van der Waals surface area (Å²) in [4.78, 5) is 4.05. The molecule has 1 fully saturated rings. The van der Waals surface area contributed by atoms with Crippen LogP contribution in [0.4, 0.5) is 5.69 Å². The Morgan fingerprint density at radius 1 is 1.54 bits per heavy atom. The van der Waals surface area contributed by atoms with Gasteiger partial charge in [-0.3, -0.25) is 0 Å². The smallest absolute Gasteiger partial charge is 0.237 e. The number of nitrogens with zero attached hydrogens (tertiary/aromatic N) is 1. The summed E-state index contributed by atoms with van der Waals surface area (Å²) in [6.07, 6.45) is 5.56. The molecule has 2 rings (SSSR count). The minimum absolute atomic E-state index is 0.572. The normalized spacial score (nSPS) is 15.7. The molecule has 0 aromatic carbocycles. The number of nitrogens with two attached hydrogens (primary N) is 1. The zero-order chi connectivity index (χ0) is 9.10. The van der Waals surface area contributed by atoms with Crippen LogP contribution >= 0.6 is 0 Å². The summed E-state index contributed by atoms with van der Waals surface area (Å²) < 4.78 is 5.45. The minimum Gasteiger partial charge on any atom is -0.476 e. The zero-order valence-electron chi connectivity index (χ0n) is 7.57. The summed E-state index contributed by atoms with van der Waals surface area (Å²) >= 11 is 0. The van der Waals surface area contributed by atoms with Gasteiger partial charge in [0.25, 0.3) is 0 Å². The molecule has 0 aliphatic heterocycles. The second-order valence-corrected chi connectivity index (χ2v) is 3.48. The second-order valence-electron chi connectivity index (χ2n) is 3.48. The molecule has 0 radical (unpaired) electrons. The molecule has 1 aliphatic carbocycles. The first-order valence-electron chi connectivity index (χ1n) is 4.69. The molecular formula is C10H14N2O. The van der Waals surface area contributed by atoms with E-state index in [-0.39, 0.29) is 0 Å². The Kier molecular flexibility index (Phi) is 2.34. The molecule has 0 saturated heterocycles. The van der Waals surface area contributed by atoms with Crippen molar-refractivity contribution in [1.82, 2.24) is 4.98 Å². The maximum Gasteiger partial charge on any atom is 0.237 e. The lowest BCUT2D eigenvalue weighted by Crippen LogP contribution is -2.02. The van der Waals surface area contributed by atoms with Gasteiger partial charge in [-0.15, -0.1) is 0 Å². The highest BCUT2D eigenvalue weighted by Crippen LogP contribution is 2.32. The molecule has 0 spiro atoms. The Balaban J connectivity index is 1.82. The molecule has 0 bridgehead atoms. The molecule has 1 aromatic rings. The van der Waals surface area contributed by atoms with Crippen molar-refractivity contribution in [3.8, 4) is 5.88 Å². The molecule has 70 valence electrons. The Morgan fingerprint density at radius 3 is 3.08 bits per heavy atom. The van der Waals surface area contributed by atoms with Crippen LogP contribution in [0.1, 0.15) is 19.3 Å². The predicted molar refractivity (Wildman–Crippen MR) is 51.5 cm³/mol. The minimum atomic E-state index is 0.572. The fourth-order valence-corrected chi connectivity index (χ4v) is 1.25. The van der Waals surface area contributed by atoms with E-state index in [1.165, 1.54) is 12.8 Å². The SMILES string of the molecule is Nc1cccnc1OCCC1CC1. The van der Waals surface area contributed by atoms with Gasteiger partial charge in [0.05, 0.1) is 12.3 Å². The van der Waals surface area contributed by atoms with Crippen LogP contribution in [0.2, 0.25) is 0 Å². The average molecular weight is 178 g/mol. The van der Waals surface area contributed by atoms with E-state index < -0.39 is 0 Å². The highest BCUT2D eigenvalue weighted by molar-refractivity contribution is 5.46. The number of rotatable bonds is 4. The van der Waals surface area contributed by atoms with Crippen LogP contribution < -0.4 is 10.5 Å². The average Bonchev–Trinajstić information content (AvgIpc) is 2.92. The highest BCUT2D eigenvalue weighted by atomic mass is 16.5. The molecule has 0 amide bonds. The molecule has 1 saturated carbocycles. The fourth-order valence-electron chi connectivity index (χ4n) is 1.25. The van der Waals surface area contributed by atoms with Crippen LogP contribution in [0, 0.1) is 5.92 Å². The van der Waals surface area contributed by atoms with Crippen molar-refractivity contribution < 1.29 is 4.74 Å². The number of nitrogen functional groups attached to an aromatic ring is 1. The third-order valence-electron chi connectivity index (χ3n) is 2.26. The maximum absolute atomic E-state index is 5.67. The molecule has 1 aliphatic rings. The topological polar surface area (TPSA) is 48.1 Å². The summed E-state index contributed by atoms with van der Waals surface area (Å²) in [5.41, 5.74) is 6.29. The maximum atomic E-state index is 5.67. The van der Waals surface area contributed by atoms with Gasteiger partial charge >= 0.3 is 0 Å². The lowest BCUT2D eigenvalue weighted by molar-refractivity contribution is 0.293. The van der Waals surface area contributed by atoms with Crippen molar-refractivity contribution in [1.29, 1.82) is 0 Å². The number of anilines is 1. The first kappa shape index (κ1) is 8.35. The number of hydrogen-bond donors (Lipinski definition) is 1. The summed E-state index contributed by atoms with van der Waals surface area (Å²) in [5, 5.41) is 0. The summed E-state index contributed by atoms with van der Waals surface area (Å²) in [7, 11) is 0. The second kappa shape index (κ2) is 3.64. The van der Waals surface area contributed by atoms with E-state index in [9.17, 15) is 0 Å². The van der Waals surface area contributed by atoms with Crippen LogP contribution in [-0.4, -0.2) is 11.6 Å². The molecule has 2 N–H and O–H groups in total. The Morgan fingerprint density at radius 2 is 2.38 bits per heavy atom. The van der Waals surface area contributed by atoms with E-state index in [0.29, 0.717) is 11.6 Å². The monoisotopic (exact) mass is 178 g/mol. The summed E-state index contributed by atoms with van der Waals surface area (Å²) in [5.74, 6) is 1.47. The van der Waals surface area contributed by atoms with E-state index in [1.54, 1.807) is 12.3 Å². The van der Waals surface area contributed by atoms with Gasteiger partial charge in [-0.1, -0.05) is 12.8 Å². The number of hydrogen-bond acceptors (Lipinski definition) is 3. The van der Waals surface area contributed by atoms with E-state index in [1.807, 2.05) is 6.07 Å². The molecular weight excluding hydrogens is 164 g/mol. The summed E-state index contributed by atoms with van der Waals surface area (Å²) in [6.45, 7) is 0.742. The number of ether oxygens (including phenoxy) is 1. The van der Waals surface area contributed by atoms with Crippen molar-refractivity contribution >= 4 is 5.69 Å². The summed E-state index contributed by atoms with van der Waals surface area (Å²) in [6, 6.07) is 3.61. The highest BCUT2D eigenvalue weighted by Gasteiger charge is 2.20. The van der Waals surface area contributed by atoms with Crippen LogP contribution in [0.3, 0.4) is 0 Å². The number of aromatic nitrogens is 1. The van der Waals surface area contributed by atoms with Crippen LogP contribution in [0.25, 0.3) is 0 Å². The van der Waals surface area contributed by atoms with E-state index in [0.717, 1.165) is 18.9 Å². The van der Waals surface area contributed by atoms with Crippen molar-refractivity contribution in [2.75, 3.05) is 12.3 Å². The predicted octanol–water partition coefficient (Wildman–Crippen LogP) is 1.84. The standard InChI is InChI=1S/C10H14N2O/c11-9-2-1-6-12-10(9)13-7-5-8-3-4-8/h1-2,6,8H,3-5,7,11H2. The number of pyridine rings is 1. The Bertz CT molecular complexity index is 284. The van der Waals surface area contributed by atoms with Gasteiger partial charge in [0.1, 0.15) is 0 Å². The van der Waals surface area contributed by atoms with Crippen molar-refractivity contribution in [2.45, 2.75) is 19.3 Å². The van der Waals surface area contributed by atoms with Gasteiger partial charge in [0.15, 0.2) is 0 Å². The lowest BCUT2D eigenvalue weighted by Gasteiger charge is -2.05. The van der Waals surface area contributed by atoms with Crippen molar-refractivity contribution in [3.05, 3.63) is 18.3 Å². The van der Waals surface area contributed by atoms with Gasteiger partial charge < -0.3 is 10.5 Å². The largest absolute Gasteiger partial charge is 0.476 e. The van der Waals surface area contributed by atoms with Gasteiger partial charge in [-0.2, -0.15) is 0 Å². The molecule has 13 heavy (non-hydrogen) atoms. The van der Waals surface area contributed by atoms with Crippen LogP contribution in [-0.2, 0) is 0 Å². The molecule has 0 atom stereocenters. The van der Waals surface area contributed by atoms with Crippen LogP contribution in [0.5, 0.6) is 5.88 Å². The molecule has 1 aromatic heterocycles. The zero-order valence-corrected chi connectivity index (χ0v) is 7.57. The molecule has 3 heteroatoms. The molecule has 1 heterocycles. The van der Waals surface area contributed by atoms with Gasteiger partial charge in [0, 0.05) is 6.20 Å². The van der Waals surface area contributed by atoms with Crippen molar-refractivity contribution in [3.63, 3.8) is 0 Å². The first-order chi connectivity index (χ1) is 6.36. The van der Waals surface area contributed by atoms with E-state index in [2.05, 4.69) is 4.98 Å². The molecule has 0 unspecified atom stereocenters. The first-order valence-corrected chi connectivity index (χ1v) is 4.69. The quantitative estimate of drug-likeness (QED) is 0.765. The lowest BCUT2D eigenvalue weighted by atomic mass is 10.3. The van der Waals surface area contributed by atoms with Crippen LogP contribution in [0.15, 0.2) is 18.3 Å².